The van der Waals surface area contributed by atoms with Crippen molar-refractivity contribution >= 4 is 74.7 Å². The maximum atomic E-state index is 13.8. The lowest BCUT2D eigenvalue weighted by Gasteiger charge is -2.29. The highest BCUT2D eigenvalue weighted by Crippen LogP contribution is 2.36. The lowest BCUT2D eigenvalue weighted by Crippen LogP contribution is -2.35. The fraction of sp³-hybridized carbons (Fsp3) is 0.250. The van der Waals surface area contributed by atoms with Crippen molar-refractivity contribution in [1.82, 2.24) is 9.88 Å². The first-order valence-electron chi connectivity index (χ1n) is 14.1. The molecule has 5 rings (SSSR count). The summed E-state index contributed by atoms with van der Waals surface area (Å²) in [6.45, 7) is 5.20. The largest absolute Gasteiger partial charge is 0.373 e. The molecule has 2 heterocycles. The van der Waals surface area contributed by atoms with Crippen LogP contribution < -0.4 is 16.5 Å². The Morgan fingerprint density at radius 1 is 1.11 bits per heavy atom. The van der Waals surface area contributed by atoms with E-state index in [1.165, 1.54) is 24.4 Å². The van der Waals surface area contributed by atoms with Crippen molar-refractivity contribution < 1.29 is 4.39 Å². The molecule has 1 atom stereocenters. The zero-order valence-electron chi connectivity index (χ0n) is 23.9. The molecular formula is C32H30Cl3FN8. The van der Waals surface area contributed by atoms with Crippen LogP contribution in [0.5, 0.6) is 0 Å². The normalized spacial score (nSPS) is 15.4. The van der Waals surface area contributed by atoms with Crippen LogP contribution in [0, 0.1) is 17.1 Å². The first-order valence-corrected chi connectivity index (χ1v) is 15.2. The summed E-state index contributed by atoms with van der Waals surface area (Å²) in [6.07, 6.45) is 5.10. The summed E-state index contributed by atoms with van der Waals surface area (Å²) in [5.74, 6) is 5.40. The maximum absolute atomic E-state index is 13.8. The number of nitrogens with two attached hydrogens (primary N) is 1. The van der Waals surface area contributed by atoms with Crippen LogP contribution in [-0.2, 0) is 0 Å². The van der Waals surface area contributed by atoms with Crippen molar-refractivity contribution in [1.29, 1.82) is 5.26 Å². The van der Waals surface area contributed by atoms with Crippen LogP contribution in [0.15, 0.2) is 70.9 Å². The van der Waals surface area contributed by atoms with Gasteiger partial charge in [0.2, 0.25) is 0 Å². The molecular weight excluding hydrogens is 622 g/mol. The second-order valence-electron chi connectivity index (χ2n) is 10.4. The van der Waals surface area contributed by atoms with E-state index >= 15 is 0 Å². The number of nitrogens with zero attached hydrogens (tertiary/aromatic N) is 5. The Morgan fingerprint density at radius 3 is 2.50 bits per heavy atom. The monoisotopic (exact) mass is 650 g/mol. The van der Waals surface area contributed by atoms with E-state index in [2.05, 4.69) is 38.6 Å². The van der Waals surface area contributed by atoms with Crippen molar-refractivity contribution in [3.05, 3.63) is 92.8 Å². The Kier molecular flexibility index (Phi) is 10.2. The third-order valence-electron chi connectivity index (χ3n) is 7.62. The first-order chi connectivity index (χ1) is 21.3. The van der Waals surface area contributed by atoms with E-state index in [0.29, 0.717) is 43.7 Å². The van der Waals surface area contributed by atoms with Crippen molar-refractivity contribution in [3.63, 3.8) is 0 Å². The molecule has 8 nitrogen and oxygen atoms in total. The highest BCUT2D eigenvalue weighted by Gasteiger charge is 2.22. The average Bonchev–Trinajstić information content (AvgIpc) is 3.03. The van der Waals surface area contributed by atoms with Gasteiger partial charge in [-0.05, 0) is 67.4 Å². The van der Waals surface area contributed by atoms with Crippen LogP contribution in [0.2, 0.25) is 15.1 Å². The van der Waals surface area contributed by atoms with Gasteiger partial charge in [-0.15, -0.1) is 0 Å². The highest BCUT2D eigenvalue weighted by atomic mass is 35.5. The van der Waals surface area contributed by atoms with Gasteiger partial charge in [0.25, 0.3) is 0 Å². The van der Waals surface area contributed by atoms with E-state index in [1.807, 2.05) is 18.2 Å². The molecule has 0 amide bonds. The molecule has 0 saturated carbocycles. The Morgan fingerprint density at radius 2 is 1.84 bits per heavy atom. The first kappa shape index (κ1) is 31.5. The molecule has 4 aromatic rings. The molecule has 1 aromatic heterocycles. The van der Waals surface area contributed by atoms with Gasteiger partial charge >= 0.3 is 0 Å². The summed E-state index contributed by atoms with van der Waals surface area (Å²) >= 11 is 19.0. The minimum atomic E-state index is -0.549. The van der Waals surface area contributed by atoms with Crippen molar-refractivity contribution in [2.75, 3.05) is 30.3 Å². The Balaban J connectivity index is 1.53. The molecule has 4 N–H and O–H groups in total. The number of nitriles is 1. The van der Waals surface area contributed by atoms with E-state index in [1.54, 1.807) is 24.4 Å². The summed E-state index contributed by atoms with van der Waals surface area (Å²) < 4.78 is 13.8. The molecule has 0 aliphatic carbocycles. The number of anilines is 3. The maximum Gasteiger partial charge on any atom is 0.141 e. The zero-order valence-corrected chi connectivity index (χ0v) is 26.1. The number of rotatable bonds is 9. The number of aromatic nitrogens is 1. The van der Waals surface area contributed by atoms with Gasteiger partial charge in [-0.2, -0.15) is 10.4 Å². The van der Waals surface area contributed by atoms with E-state index in [4.69, 9.17) is 45.6 Å². The Labute approximate surface area is 270 Å². The van der Waals surface area contributed by atoms with E-state index < -0.39 is 11.9 Å². The topological polar surface area (TPSA) is 115 Å². The minimum Gasteiger partial charge on any atom is -0.373 e. The number of benzene rings is 3. The molecule has 1 aliphatic rings. The van der Waals surface area contributed by atoms with Gasteiger partial charge in [0.1, 0.15) is 17.6 Å². The molecule has 12 heteroatoms. The van der Waals surface area contributed by atoms with Crippen LogP contribution in [0.4, 0.5) is 21.5 Å². The van der Waals surface area contributed by atoms with Gasteiger partial charge in [-0.3, -0.25) is 9.98 Å². The average molecular weight is 652 g/mol. The smallest absolute Gasteiger partial charge is 0.141 e. The number of pyridine rings is 1. The van der Waals surface area contributed by atoms with Crippen molar-refractivity contribution in [2.24, 2.45) is 15.9 Å². The zero-order chi connectivity index (χ0) is 31.2. The number of hydrogen-bond donors (Lipinski definition) is 3. The van der Waals surface area contributed by atoms with Crippen molar-refractivity contribution in [3.8, 4) is 6.07 Å². The van der Waals surface area contributed by atoms with E-state index in [9.17, 15) is 9.65 Å². The van der Waals surface area contributed by atoms with Crippen LogP contribution in [0.1, 0.15) is 36.9 Å². The lowest BCUT2D eigenvalue weighted by molar-refractivity contribution is 0.224. The molecule has 3 aromatic carbocycles. The number of hydrazone groups is 1. The van der Waals surface area contributed by atoms with Gasteiger partial charge in [0.15, 0.2) is 0 Å². The SMILES string of the molecule is CCN1CCC(N=CC(=NN)[C@H](Nc2cc(Cl)c3ncc(C#N)c(Nc4ccc(F)c(Cl)c4)c3c2)c2ccc(Cl)cc2)CC1. The van der Waals surface area contributed by atoms with Gasteiger partial charge in [-0.1, -0.05) is 53.9 Å². The summed E-state index contributed by atoms with van der Waals surface area (Å²) in [4.78, 5) is 11.7. The van der Waals surface area contributed by atoms with Crippen LogP contribution in [0.3, 0.4) is 0 Å². The molecule has 0 spiro atoms. The fourth-order valence-corrected chi connectivity index (χ4v) is 5.75. The van der Waals surface area contributed by atoms with Crippen LogP contribution >= 0.6 is 34.8 Å². The molecule has 1 fully saturated rings. The standard InChI is InChI=1S/C32H30Cl3FN8/c1-2-44-11-9-22(10-12-44)39-18-29(43-38)31(19-3-5-21(33)6-4-19)42-24-13-25-30(41-23-7-8-28(36)26(34)14-23)20(16-37)17-40-32(25)27(35)15-24/h3-8,13-15,17-18,22,31,42H,2,9-12,38H2,1H3,(H,40,41)/t31-/m1/s1. The predicted molar refractivity (Wildman–Crippen MR) is 179 cm³/mol. The summed E-state index contributed by atoms with van der Waals surface area (Å²) in [5, 5.41) is 22.2. The molecule has 0 radical (unpaired) electrons. The molecule has 1 saturated heterocycles. The summed E-state index contributed by atoms with van der Waals surface area (Å²) in [7, 11) is 0. The molecule has 226 valence electrons. The number of nitrogens with one attached hydrogen (secondary N) is 2. The number of piperidine rings is 1. The lowest BCUT2D eigenvalue weighted by atomic mass is 10.0. The van der Waals surface area contributed by atoms with Crippen LogP contribution in [-0.4, -0.2) is 47.5 Å². The van der Waals surface area contributed by atoms with E-state index in [-0.39, 0.29) is 16.6 Å². The number of likely N-dealkylation sites (tertiary alicyclic amines) is 1. The number of halogens is 4. The second-order valence-corrected chi connectivity index (χ2v) is 11.6. The minimum absolute atomic E-state index is 0.0516. The number of aliphatic imine (C=N–C) groups is 1. The fourth-order valence-electron chi connectivity index (χ4n) is 5.18. The molecule has 0 bridgehead atoms. The highest BCUT2D eigenvalue weighted by molar-refractivity contribution is 6.36. The Bertz CT molecular complexity index is 1750. The summed E-state index contributed by atoms with van der Waals surface area (Å²) in [5.41, 5.74) is 3.67. The predicted octanol–water partition coefficient (Wildman–Crippen LogP) is 7.97. The van der Waals surface area contributed by atoms with Gasteiger partial charge in [0, 0.05) is 47.3 Å². The molecule has 44 heavy (non-hydrogen) atoms. The third kappa shape index (κ3) is 7.22. The van der Waals surface area contributed by atoms with Crippen molar-refractivity contribution in [2.45, 2.75) is 31.8 Å². The number of hydrogen-bond acceptors (Lipinski definition) is 8. The second kappa shape index (κ2) is 14.2. The number of fused-ring (bicyclic) bond motifs is 1. The quantitative estimate of drug-likeness (QED) is 0.0961. The van der Waals surface area contributed by atoms with Gasteiger partial charge < -0.3 is 21.4 Å². The Hall–Kier alpha value is -3.94. The van der Waals surface area contributed by atoms with E-state index in [0.717, 1.165) is 38.0 Å². The molecule has 1 aliphatic heterocycles. The summed E-state index contributed by atoms with van der Waals surface area (Å²) in [6, 6.07) is 17.0. The van der Waals surface area contributed by atoms with Gasteiger partial charge in [0.05, 0.1) is 38.9 Å². The van der Waals surface area contributed by atoms with Crippen LogP contribution in [0.25, 0.3) is 10.9 Å². The molecule has 0 unspecified atom stereocenters. The third-order valence-corrected chi connectivity index (χ3v) is 8.45. The van der Waals surface area contributed by atoms with Gasteiger partial charge in [-0.25, -0.2) is 4.39 Å².